The minimum Gasteiger partial charge on any atom is -0.507 e. The number of fused-ring (bicyclic) bond motifs is 1. The zero-order valence-electron chi connectivity index (χ0n) is 15.7. The molecule has 0 bridgehead atoms. The molecule has 1 unspecified atom stereocenters. The van der Waals surface area contributed by atoms with E-state index in [4.69, 9.17) is 4.74 Å². The number of ketones is 2. The van der Waals surface area contributed by atoms with Crippen LogP contribution in [0.25, 0.3) is 0 Å². The SMILES string of the molecule is CC(=O)c1ccc(C)c(C)c1O.Cc1ccc2c(c1C)OC(O)CC2=O. The number of phenols is 1. The normalized spacial score (nSPS) is 15.5. The second-order valence-electron chi connectivity index (χ2n) is 6.54. The standard InChI is InChI=1S/C11H12O3.C10H12O2/c1-6-3-4-8-9(12)5-10(13)14-11(8)7(6)2;1-6-4-5-9(8(3)11)10(12)7(6)2/h3-4,10,13H,5H2,1-2H3;4-5,12H,1-3H3. The van der Waals surface area contributed by atoms with Crippen molar-refractivity contribution in [2.75, 3.05) is 0 Å². The number of hydrogen-bond donors (Lipinski definition) is 2. The molecule has 0 radical (unpaired) electrons. The van der Waals surface area contributed by atoms with Gasteiger partial charge < -0.3 is 14.9 Å². The van der Waals surface area contributed by atoms with Gasteiger partial charge in [-0.2, -0.15) is 0 Å². The summed E-state index contributed by atoms with van der Waals surface area (Å²) in [6.45, 7) is 8.99. The lowest BCUT2D eigenvalue weighted by Crippen LogP contribution is -2.27. The molecule has 1 atom stereocenters. The van der Waals surface area contributed by atoms with Crippen molar-refractivity contribution < 1.29 is 24.5 Å². The number of Topliss-reactive ketones (excluding diaryl/α,β-unsaturated/α-hetero) is 2. The maximum Gasteiger partial charge on any atom is 0.204 e. The van der Waals surface area contributed by atoms with Crippen LogP contribution in [0.1, 0.15) is 56.3 Å². The van der Waals surface area contributed by atoms with Gasteiger partial charge in [-0.25, -0.2) is 0 Å². The van der Waals surface area contributed by atoms with E-state index < -0.39 is 6.29 Å². The zero-order valence-corrected chi connectivity index (χ0v) is 15.7. The molecule has 1 aliphatic rings. The van der Waals surface area contributed by atoms with Crippen molar-refractivity contribution in [3.8, 4) is 11.5 Å². The third kappa shape index (κ3) is 3.94. The fourth-order valence-corrected chi connectivity index (χ4v) is 2.69. The molecule has 0 fully saturated rings. The Balaban J connectivity index is 0.000000190. The summed E-state index contributed by atoms with van der Waals surface area (Å²) in [4.78, 5) is 22.5. The van der Waals surface area contributed by atoms with Crippen molar-refractivity contribution in [2.24, 2.45) is 0 Å². The lowest BCUT2D eigenvalue weighted by Gasteiger charge is -2.23. The molecule has 0 spiro atoms. The van der Waals surface area contributed by atoms with Crippen molar-refractivity contribution in [2.45, 2.75) is 47.3 Å². The minimum atomic E-state index is -0.990. The molecule has 138 valence electrons. The number of ether oxygens (including phenoxy) is 1. The van der Waals surface area contributed by atoms with E-state index in [1.54, 1.807) is 19.1 Å². The zero-order chi connectivity index (χ0) is 19.6. The highest BCUT2D eigenvalue weighted by Crippen LogP contribution is 2.32. The molecule has 1 aliphatic heterocycles. The molecule has 2 aromatic carbocycles. The molecule has 0 aliphatic carbocycles. The van der Waals surface area contributed by atoms with E-state index in [0.29, 0.717) is 16.9 Å². The van der Waals surface area contributed by atoms with Crippen molar-refractivity contribution >= 4 is 11.6 Å². The molecule has 2 N–H and O–H groups in total. The number of carbonyl (C=O) groups excluding carboxylic acids is 2. The Morgan fingerprint density at radius 2 is 1.62 bits per heavy atom. The molecular formula is C21H24O5. The molecule has 5 heteroatoms. The number of benzene rings is 2. The molecule has 26 heavy (non-hydrogen) atoms. The molecule has 2 aromatic rings. The van der Waals surface area contributed by atoms with Crippen molar-refractivity contribution in [3.05, 3.63) is 57.6 Å². The second-order valence-corrected chi connectivity index (χ2v) is 6.54. The summed E-state index contributed by atoms with van der Waals surface area (Å²) in [5, 5.41) is 18.8. The Morgan fingerprint density at radius 3 is 2.23 bits per heavy atom. The van der Waals surface area contributed by atoms with Crippen LogP contribution < -0.4 is 4.74 Å². The van der Waals surface area contributed by atoms with Crippen molar-refractivity contribution in [1.82, 2.24) is 0 Å². The highest BCUT2D eigenvalue weighted by molar-refractivity contribution is 6.00. The first-order chi connectivity index (χ1) is 12.1. The lowest BCUT2D eigenvalue weighted by atomic mass is 9.98. The van der Waals surface area contributed by atoms with E-state index in [9.17, 15) is 19.8 Å². The third-order valence-electron chi connectivity index (χ3n) is 4.67. The minimum absolute atomic E-state index is 0.0511. The van der Waals surface area contributed by atoms with Crippen molar-refractivity contribution in [1.29, 1.82) is 0 Å². The molecule has 0 amide bonds. The number of aromatic hydroxyl groups is 1. The number of aryl methyl sites for hydroxylation is 2. The monoisotopic (exact) mass is 356 g/mol. The van der Waals surface area contributed by atoms with E-state index in [1.807, 2.05) is 32.9 Å². The summed E-state index contributed by atoms with van der Waals surface area (Å²) in [5.41, 5.74) is 4.75. The predicted octanol–water partition coefficient (Wildman–Crippen LogP) is 3.80. The maximum atomic E-state index is 11.5. The van der Waals surface area contributed by atoms with E-state index in [2.05, 4.69) is 0 Å². The van der Waals surface area contributed by atoms with Crippen LogP contribution in [0.5, 0.6) is 11.5 Å². The first-order valence-electron chi connectivity index (χ1n) is 8.41. The second kappa shape index (κ2) is 7.70. The van der Waals surface area contributed by atoms with Crippen LogP contribution in [-0.4, -0.2) is 28.1 Å². The first kappa shape index (κ1) is 19.7. The number of rotatable bonds is 1. The van der Waals surface area contributed by atoms with Gasteiger partial charge in [0.25, 0.3) is 0 Å². The van der Waals surface area contributed by atoms with Crippen LogP contribution in [0.4, 0.5) is 0 Å². The fraction of sp³-hybridized carbons (Fsp3) is 0.333. The van der Waals surface area contributed by atoms with Crippen LogP contribution in [0.2, 0.25) is 0 Å². The average Bonchev–Trinajstić information content (AvgIpc) is 2.56. The van der Waals surface area contributed by atoms with E-state index in [1.165, 1.54) is 6.92 Å². The van der Waals surface area contributed by atoms with Gasteiger partial charge in [0, 0.05) is 0 Å². The van der Waals surface area contributed by atoms with Gasteiger partial charge in [0.1, 0.15) is 11.5 Å². The molecule has 5 nitrogen and oxygen atoms in total. The topological polar surface area (TPSA) is 83.8 Å². The van der Waals surface area contributed by atoms with E-state index in [0.717, 1.165) is 22.3 Å². The van der Waals surface area contributed by atoms with Gasteiger partial charge in [0.15, 0.2) is 11.6 Å². The number of aliphatic hydroxyl groups is 1. The van der Waals surface area contributed by atoms with E-state index in [-0.39, 0.29) is 23.7 Å². The molecule has 0 saturated carbocycles. The number of carbonyl (C=O) groups is 2. The van der Waals surface area contributed by atoms with Gasteiger partial charge in [-0.15, -0.1) is 0 Å². The predicted molar refractivity (Wildman–Crippen MR) is 99.1 cm³/mol. The summed E-state index contributed by atoms with van der Waals surface area (Å²) >= 11 is 0. The molecular weight excluding hydrogens is 332 g/mol. The number of hydrogen-bond acceptors (Lipinski definition) is 5. The third-order valence-corrected chi connectivity index (χ3v) is 4.67. The van der Waals surface area contributed by atoms with Crippen LogP contribution in [0.3, 0.4) is 0 Å². The van der Waals surface area contributed by atoms with Crippen LogP contribution in [-0.2, 0) is 0 Å². The molecule has 3 rings (SSSR count). The largest absolute Gasteiger partial charge is 0.507 e. The average molecular weight is 356 g/mol. The quantitative estimate of drug-likeness (QED) is 0.759. The van der Waals surface area contributed by atoms with Crippen LogP contribution >= 0.6 is 0 Å². The van der Waals surface area contributed by atoms with Gasteiger partial charge in [0.2, 0.25) is 6.29 Å². The highest BCUT2D eigenvalue weighted by Gasteiger charge is 2.26. The van der Waals surface area contributed by atoms with Gasteiger partial charge in [-0.05, 0) is 69.0 Å². The smallest absolute Gasteiger partial charge is 0.204 e. The summed E-state index contributed by atoms with van der Waals surface area (Å²) in [5.74, 6) is 0.494. The highest BCUT2D eigenvalue weighted by atomic mass is 16.6. The summed E-state index contributed by atoms with van der Waals surface area (Å²) in [7, 11) is 0. The summed E-state index contributed by atoms with van der Waals surface area (Å²) in [6, 6.07) is 7.14. The van der Waals surface area contributed by atoms with Gasteiger partial charge in [0.05, 0.1) is 17.5 Å². The Morgan fingerprint density at radius 1 is 1.04 bits per heavy atom. The first-order valence-corrected chi connectivity index (χ1v) is 8.41. The molecule has 0 saturated heterocycles. The van der Waals surface area contributed by atoms with Gasteiger partial charge in [-0.3, -0.25) is 9.59 Å². The molecule has 1 heterocycles. The Bertz CT molecular complexity index is 867. The van der Waals surface area contributed by atoms with E-state index >= 15 is 0 Å². The Labute approximate surface area is 153 Å². The number of phenolic OH excluding ortho intramolecular Hbond substituents is 1. The summed E-state index contributed by atoms with van der Waals surface area (Å²) < 4.78 is 5.25. The van der Waals surface area contributed by atoms with Crippen molar-refractivity contribution in [3.63, 3.8) is 0 Å². The van der Waals surface area contributed by atoms with Crippen LogP contribution in [0, 0.1) is 27.7 Å². The van der Waals surface area contributed by atoms with Gasteiger partial charge in [-0.1, -0.05) is 12.1 Å². The number of aliphatic hydroxyl groups excluding tert-OH is 1. The maximum absolute atomic E-state index is 11.5. The molecule has 0 aromatic heterocycles. The van der Waals surface area contributed by atoms with Gasteiger partial charge >= 0.3 is 0 Å². The Hall–Kier alpha value is -2.66. The Kier molecular flexibility index (Phi) is 5.83. The summed E-state index contributed by atoms with van der Waals surface area (Å²) in [6.07, 6.45) is -0.939. The lowest BCUT2D eigenvalue weighted by molar-refractivity contribution is -0.0251. The fourth-order valence-electron chi connectivity index (χ4n) is 2.69. The van der Waals surface area contributed by atoms with Crippen LogP contribution in [0.15, 0.2) is 24.3 Å².